The predicted octanol–water partition coefficient (Wildman–Crippen LogP) is 5.51. The van der Waals surface area contributed by atoms with Gasteiger partial charge < -0.3 is 4.74 Å². The van der Waals surface area contributed by atoms with Crippen molar-refractivity contribution in [3.63, 3.8) is 0 Å². The summed E-state index contributed by atoms with van der Waals surface area (Å²) in [6.07, 6.45) is 0.894. The highest BCUT2D eigenvalue weighted by atomic mass is 35.5. The summed E-state index contributed by atoms with van der Waals surface area (Å²) in [6.45, 7) is 0.715. The van der Waals surface area contributed by atoms with Crippen LogP contribution in [-0.2, 0) is 11.2 Å². The average Bonchev–Trinajstić information content (AvgIpc) is 2.45. The van der Waals surface area contributed by atoms with Crippen LogP contribution in [0.15, 0.2) is 42.5 Å². The first-order valence-corrected chi connectivity index (χ1v) is 7.48. The molecule has 0 heterocycles. The van der Waals surface area contributed by atoms with Crippen molar-refractivity contribution in [1.29, 1.82) is 0 Å². The van der Waals surface area contributed by atoms with E-state index < -0.39 is 0 Å². The Morgan fingerprint density at radius 2 is 1.75 bits per heavy atom. The molecule has 0 bridgehead atoms. The SMILES string of the molecule is COCCc1ccc(C(Cl)c2ccc(Cl)cc2Cl)cc1. The maximum Gasteiger partial charge on any atom is 0.0849 e. The summed E-state index contributed by atoms with van der Waals surface area (Å²) in [6, 6.07) is 13.5. The van der Waals surface area contributed by atoms with Crippen molar-refractivity contribution in [3.8, 4) is 0 Å². The highest BCUT2D eigenvalue weighted by molar-refractivity contribution is 6.36. The lowest BCUT2D eigenvalue weighted by atomic mass is 10.0. The molecule has 2 rings (SSSR count). The van der Waals surface area contributed by atoms with Crippen LogP contribution in [0, 0.1) is 0 Å². The Morgan fingerprint density at radius 1 is 1.05 bits per heavy atom. The molecule has 0 aromatic heterocycles. The standard InChI is InChI=1S/C16H15Cl3O/c1-20-9-8-11-2-4-12(5-3-11)16(19)14-7-6-13(17)10-15(14)18/h2-7,10,16H,8-9H2,1H3. The molecule has 106 valence electrons. The van der Waals surface area contributed by atoms with Gasteiger partial charge in [0.2, 0.25) is 0 Å². The van der Waals surface area contributed by atoms with Gasteiger partial charge in [-0.15, -0.1) is 11.6 Å². The molecule has 0 radical (unpaired) electrons. The van der Waals surface area contributed by atoms with Crippen LogP contribution in [0.25, 0.3) is 0 Å². The normalized spacial score (nSPS) is 12.4. The van der Waals surface area contributed by atoms with Crippen molar-refractivity contribution < 1.29 is 4.74 Å². The van der Waals surface area contributed by atoms with Gasteiger partial charge in [0.15, 0.2) is 0 Å². The van der Waals surface area contributed by atoms with Gasteiger partial charge in [-0.3, -0.25) is 0 Å². The van der Waals surface area contributed by atoms with Crippen molar-refractivity contribution >= 4 is 34.8 Å². The van der Waals surface area contributed by atoms with Crippen LogP contribution in [0.3, 0.4) is 0 Å². The van der Waals surface area contributed by atoms with Crippen LogP contribution < -0.4 is 0 Å². The Morgan fingerprint density at radius 3 is 2.35 bits per heavy atom. The third-order valence-corrected chi connectivity index (χ3v) is 4.15. The van der Waals surface area contributed by atoms with Gasteiger partial charge in [-0.1, -0.05) is 53.5 Å². The van der Waals surface area contributed by atoms with Crippen molar-refractivity contribution in [2.24, 2.45) is 0 Å². The molecule has 1 atom stereocenters. The van der Waals surface area contributed by atoms with E-state index in [1.807, 2.05) is 18.2 Å². The maximum absolute atomic E-state index is 6.49. The molecule has 1 unspecified atom stereocenters. The second-order valence-corrected chi connectivity index (χ2v) is 5.79. The maximum atomic E-state index is 6.49. The third kappa shape index (κ3) is 3.89. The van der Waals surface area contributed by atoms with Gasteiger partial charge in [0.25, 0.3) is 0 Å². The van der Waals surface area contributed by atoms with Gasteiger partial charge >= 0.3 is 0 Å². The Balaban J connectivity index is 2.18. The van der Waals surface area contributed by atoms with Crippen molar-refractivity contribution in [3.05, 3.63) is 69.2 Å². The molecule has 0 fully saturated rings. The molecule has 0 N–H and O–H groups in total. The van der Waals surface area contributed by atoms with E-state index in [1.165, 1.54) is 5.56 Å². The average molecular weight is 330 g/mol. The van der Waals surface area contributed by atoms with E-state index in [4.69, 9.17) is 39.5 Å². The van der Waals surface area contributed by atoms with Crippen molar-refractivity contribution in [2.45, 2.75) is 11.8 Å². The number of alkyl halides is 1. The second kappa shape index (κ2) is 7.33. The van der Waals surface area contributed by atoms with Crippen LogP contribution in [0.5, 0.6) is 0 Å². The zero-order valence-corrected chi connectivity index (χ0v) is 13.3. The van der Waals surface area contributed by atoms with Gasteiger partial charge in [-0.2, -0.15) is 0 Å². The smallest absolute Gasteiger partial charge is 0.0849 e. The minimum atomic E-state index is -0.281. The number of methoxy groups -OCH3 is 1. The zero-order chi connectivity index (χ0) is 14.5. The van der Waals surface area contributed by atoms with Gasteiger partial charge in [-0.25, -0.2) is 0 Å². The molecular weight excluding hydrogens is 315 g/mol. The number of hydrogen-bond donors (Lipinski definition) is 0. The van der Waals surface area contributed by atoms with Crippen LogP contribution in [-0.4, -0.2) is 13.7 Å². The van der Waals surface area contributed by atoms with Gasteiger partial charge in [-0.05, 0) is 35.2 Å². The fraction of sp³-hybridized carbons (Fsp3) is 0.250. The summed E-state index contributed by atoms with van der Waals surface area (Å²) in [5.41, 5.74) is 3.10. The van der Waals surface area contributed by atoms with Crippen LogP contribution in [0.1, 0.15) is 22.1 Å². The van der Waals surface area contributed by atoms with Crippen molar-refractivity contribution in [1.82, 2.24) is 0 Å². The fourth-order valence-electron chi connectivity index (χ4n) is 1.96. The first kappa shape index (κ1) is 15.7. The second-order valence-electron chi connectivity index (χ2n) is 4.51. The number of ether oxygens (including phenoxy) is 1. The molecular formula is C16H15Cl3O. The quantitative estimate of drug-likeness (QED) is 0.657. The first-order valence-electron chi connectivity index (χ1n) is 6.28. The van der Waals surface area contributed by atoms with E-state index in [1.54, 1.807) is 19.2 Å². The largest absolute Gasteiger partial charge is 0.384 e. The third-order valence-electron chi connectivity index (χ3n) is 3.10. The minimum Gasteiger partial charge on any atom is -0.384 e. The molecule has 0 spiro atoms. The summed E-state index contributed by atoms with van der Waals surface area (Å²) in [7, 11) is 1.70. The van der Waals surface area contributed by atoms with Crippen LogP contribution in [0.2, 0.25) is 10.0 Å². The lowest BCUT2D eigenvalue weighted by molar-refractivity contribution is 0.202. The Bertz CT molecular complexity index is 566. The van der Waals surface area contributed by atoms with E-state index in [9.17, 15) is 0 Å². The van der Waals surface area contributed by atoms with Gasteiger partial charge in [0, 0.05) is 17.2 Å². The Labute approximate surface area is 134 Å². The predicted molar refractivity (Wildman–Crippen MR) is 86.2 cm³/mol. The summed E-state index contributed by atoms with van der Waals surface area (Å²) in [4.78, 5) is 0. The topological polar surface area (TPSA) is 9.23 Å². The van der Waals surface area contributed by atoms with Crippen molar-refractivity contribution in [2.75, 3.05) is 13.7 Å². The number of halogens is 3. The van der Waals surface area contributed by atoms with E-state index >= 15 is 0 Å². The molecule has 2 aromatic rings. The van der Waals surface area contributed by atoms with Gasteiger partial charge in [0.1, 0.15) is 0 Å². The molecule has 0 saturated carbocycles. The molecule has 0 aliphatic heterocycles. The molecule has 1 nitrogen and oxygen atoms in total. The molecule has 20 heavy (non-hydrogen) atoms. The monoisotopic (exact) mass is 328 g/mol. The molecule has 0 saturated heterocycles. The lowest BCUT2D eigenvalue weighted by Gasteiger charge is -2.13. The highest BCUT2D eigenvalue weighted by Gasteiger charge is 2.14. The van der Waals surface area contributed by atoms with E-state index in [2.05, 4.69) is 12.1 Å². The molecule has 0 amide bonds. The molecule has 0 aliphatic rings. The minimum absolute atomic E-state index is 0.281. The summed E-state index contributed by atoms with van der Waals surface area (Å²) < 4.78 is 5.06. The molecule has 4 heteroatoms. The summed E-state index contributed by atoms with van der Waals surface area (Å²) >= 11 is 18.6. The van der Waals surface area contributed by atoms with E-state index in [-0.39, 0.29) is 5.38 Å². The van der Waals surface area contributed by atoms with E-state index in [0.29, 0.717) is 16.7 Å². The van der Waals surface area contributed by atoms with Crippen LogP contribution >= 0.6 is 34.8 Å². The van der Waals surface area contributed by atoms with E-state index in [0.717, 1.165) is 17.5 Å². The summed E-state index contributed by atoms with van der Waals surface area (Å²) in [5, 5.41) is 0.912. The lowest BCUT2D eigenvalue weighted by Crippen LogP contribution is -1.97. The zero-order valence-electron chi connectivity index (χ0n) is 11.1. The molecule has 0 aliphatic carbocycles. The number of hydrogen-bond acceptors (Lipinski definition) is 1. The highest BCUT2D eigenvalue weighted by Crippen LogP contribution is 2.34. The number of benzene rings is 2. The first-order chi connectivity index (χ1) is 9.61. The Kier molecular flexibility index (Phi) is 5.74. The Hall–Kier alpha value is -0.730. The molecule has 2 aromatic carbocycles. The van der Waals surface area contributed by atoms with Gasteiger partial charge in [0.05, 0.1) is 12.0 Å². The number of rotatable bonds is 5. The summed E-state index contributed by atoms with van der Waals surface area (Å²) in [5.74, 6) is 0. The fourth-order valence-corrected chi connectivity index (χ4v) is 2.87. The van der Waals surface area contributed by atoms with Crippen LogP contribution in [0.4, 0.5) is 0 Å².